The van der Waals surface area contributed by atoms with Crippen molar-refractivity contribution in [2.75, 3.05) is 11.9 Å². The summed E-state index contributed by atoms with van der Waals surface area (Å²) in [4.78, 5) is 16.3. The number of aromatic nitrogens is 2. The van der Waals surface area contributed by atoms with Gasteiger partial charge in [-0.1, -0.05) is 11.6 Å². The number of amides is 1. The number of carbonyl (C=O) groups excluding carboxylic acids is 1. The van der Waals surface area contributed by atoms with Crippen molar-refractivity contribution in [3.05, 3.63) is 34.6 Å². The number of hydrogen-bond acceptors (Lipinski definition) is 5. The highest BCUT2D eigenvalue weighted by Crippen LogP contribution is 2.30. The molecule has 0 spiro atoms. The van der Waals surface area contributed by atoms with Gasteiger partial charge in [0.25, 0.3) is 0 Å². The SMILES string of the molecule is Cc1nsc(NC(=O)C2COc3ccc(Cl)cc3C2)n1. The van der Waals surface area contributed by atoms with Gasteiger partial charge < -0.3 is 10.1 Å². The van der Waals surface area contributed by atoms with Crippen LogP contribution in [0, 0.1) is 12.8 Å². The summed E-state index contributed by atoms with van der Waals surface area (Å²) >= 11 is 7.14. The zero-order valence-electron chi connectivity index (χ0n) is 10.7. The van der Waals surface area contributed by atoms with Gasteiger partial charge in [-0.15, -0.1) is 0 Å². The van der Waals surface area contributed by atoms with Gasteiger partial charge in [0, 0.05) is 16.6 Å². The Bertz CT molecular complexity index is 659. The topological polar surface area (TPSA) is 64.1 Å². The van der Waals surface area contributed by atoms with E-state index in [-0.39, 0.29) is 11.8 Å². The number of ether oxygens (including phenoxy) is 1. The lowest BCUT2D eigenvalue weighted by molar-refractivity contribution is -0.121. The van der Waals surface area contributed by atoms with Crippen LogP contribution in [0.3, 0.4) is 0 Å². The molecular weight excluding hydrogens is 298 g/mol. The summed E-state index contributed by atoms with van der Waals surface area (Å²) in [5, 5.41) is 3.94. The van der Waals surface area contributed by atoms with Crippen LogP contribution in [0.5, 0.6) is 5.75 Å². The van der Waals surface area contributed by atoms with Gasteiger partial charge in [-0.25, -0.2) is 4.98 Å². The lowest BCUT2D eigenvalue weighted by Crippen LogP contribution is -2.32. The van der Waals surface area contributed by atoms with Crippen molar-refractivity contribution in [3.63, 3.8) is 0 Å². The number of halogens is 1. The van der Waals surface area contributed by atoms with Gasteiger partial charge in [0.1, 0.15) is 18.2 Å². The standard InChI is InChI=1S/C13H12ClN3O2S/c1-7-15-13(20-17-7)16-12(18)9-4-8-5-10(14)2-3-11(8)19-6-9/h2-3,5,9H,4,6H2,1H3,(H,15,16,17,18). The molecule has 104 valence electrons. The van der Waals surface area contributed by atoms with E-state index in [1.807, 2.05) is 12.1 Å². The van der Waals surface area contributed by atoms with Crippen LogP contribution >= 0.6 is 23.1 Å². The lowest BCUT2D eigenvalue weighted by Gasteiger charge is -2.24. The van der Waals surface area contributed by atoms with Crippen LogP contribution in [0.4, 0.5) is 5.13 Å². The summed E-state index contributed by atoms with van der Waals surface area (Å²) in [7, 11) is 0. The second-order valence-electron chi connectivity index (χ2n) is 4.60. The molecule has 1 aliphatic heterocycles. The van der Waals surface area contributed by atoms with Crippen molar-refractivity contribution >= 4 is 34.2 Å². The molecule has 5 nitrogen and oxygen atoms in total. The van der Waals surface area contributed by atoms with E-state index in [9.17, 15) is 4.79 Å². The second-order valence-corrected chi connectivity index (χ2v) is 5.79. The Hall–Kier alpha value is -1.66. The Morgan fingerprint density at radius 3 is 3.15 bits per heavy atom. The number of hydrogen-bond donors (Lipinski definition) is 1. The Kier molecular flexibility index (Phi) is 3.58. The van der Waals surface area contributed by atoms with Crippen molar-refractivity contribution in [3.8, 4) is 5.75 Å². The minimum absolute atomic E-state index is 0.105. The van der Waals surface area contributed by atoms with Gasteiger partial charge in [-0.2, -0.15) is 4.37 Å². The third-order valence-corrected chi connectivity index (χ3v) is 4.01. The molecule has 1 amide bonds. The number of carbonyl (C=O) groups is 1. The Morgan fingerprint density at radius 2 is 2.40 bits per heavy atom. The molecule has 7 heteroatoms. The highest BCUT2D eigenvalue weighted by Gasteiger charge is 2.26. The number of nitrogens with zero attached hydrogens (tertiary/aromatic N) is 2. The molecule has 20 heavy (non-hydrogen) atoms. The van der Waals surface area contributed by atoms with Crippen LogP contribution < -0.4 is 10.1 Å². The zero-order valence-corrected chi connectivity index (χ0v) is 12.3. The third kappa shape index (κ3) is 2.76. The van der Waals surface area contributed by atoms with Crippen LogP contribution in [0.2, 0.25) is 5.02 Å². The first-order chi connectivity index (χ1) is 9.61. The van der Waals surface area contributed by atoms with Crippen LogP contribution in [-0.4, -0.2) is 21.9 Å². The Balaban J connectivity index is 1.71. The normalized spacial score (nSPS) is 17.2. The van der Waals surface area contributed by atoms with Gasteiger partial charge >= 0.3 is 0 Å². The maximum atomic E-state index is 12.2. The fraction of sp³-hybridized carbons (Fsp3) is 0.308. The number of aryl methyl sites for hydroxylation is 1. The van der Waals surface area contributed by atoms with E-state index in [0.717, 1.165) is 11.3 Å². The van der Waals surface area contributed by atoms with Gasteiger partial charge in [0.05, 0.1) is 5.92 Å². The Labute approximate surface area is 125 Å². The smallest absolute Gasteiger partial charge is 0.233 e. The first-order valence-corrected chi connectivity index (χ1v) is 7.29. The molecule has 0 fully saturated rings. The monoisotopic (exact) mass is 309 g/mol. The predicted octanol–water partition coefficient (Wildman–Crippen LogP) is 2.69. The van der Waals surface area contributed by atoms with Crippen LogP contribution in [0.15, 0.2) is 18.2 Å². The van der Waals surface area contributed by atoms with Crippen LogP contribution in [0.25, 0.3) is 0 Å². The van der Waals surface area contributed by atoms with Crippen LogP contribution in [-0.2, 0) is 11.2 Å². The molecule has 0 saturated carbocycles. The molecule has 0 saturated heterocycles. The van der Waals surface area contributed by atoms with E-state index in [4.69, 9.17) is 16.3 Å². The minimum Gasteiger partial charge on any atom is -0.492 e. The third-order valence-electron chi connectivity index (χ3n) is 3.06. The molecular formula is C13H12ClN3O2S. The van der Waals surface area contributed by atoms with Gasteiger partial charge in [0.15, 0.2) is 0 Å². The van der Waals surface area contributed by atoms with Gasteiger partial charge in [-0.05, 0) is 37.1 Å². The summed E-state index contributed by atoms with van der Waals surface area (Å²) in [6.45, 7) is 2.15. The zero-order chi connectivity index (χ0) is 14.1. The van der Waals surface area contributed by atoms with Crippen molar-refractivity contribution in [2.45, 2.75) is 13.3 Å². The molecule has 2 aromatic rings. The van der Waals surface area contributed by atoms with Crippen molar-refractivity contribution in [2.24, 2.45) is 5.92 Å². The van der Waals surface area contributed by atoms with Crippen molar-refractivity contribution < 1.29 is 9.53 Å². The van der Waals surface area contributed by atoms with E-state index < -0.39 is 0 Å². The van der Waals surface area contributed by atoms with E-state index in [2.05, 4.69) is 14.7 Å². The first kappa shape index (κ1) is 13.3. The average Bonchev–Trinajstić information content (AvgIpc) is 2.83. The summed E-state index contributed by atoms with van der Waals surface area (Å²) in [6.07, 6.45) is 0.611. The number of fused-ring (bicyclic) bond motifs is 1. The molecule has 1 aliphatic rings. The van der Waals surface area contributed by atoms with Gasteiger partial charge in [0.2, 0.25) is 11.0 Å². The Morgan fingerprint density at radius 1 is 1.55 bits per heavy atom. The molecule has 3 rings (SSSR count). The number of nitrogens with one attached hydrogen (secondary N) is 1. The predicted molar refractivity (Wildman–Crippen MR) is 77.4 cm³/mol. The number of benzene rings is 1. The quantitative estimate of drug-likeness (QED) is 0.926. The van der Waals surface area contributed by atoms with E-state index in [1.54, 1.807) is 13.0 Å². The molecule has 1 aromatic carbocycles. The first-order valence-electron chi connectivity index (χ1n) is 6.14. The summed E-state index contributed by atoms with van der Waals surface area (Å²) in [5.41, 5.74) is 0.956. The fourth-order valence-electron chi connectivity index (χ4n) is 2.09. The fourth-order valence-corrected chi connectivity index (χ4v) is 2.86. The largest absolute Gasteiger partial charge is 0.492 e. The van der Waals surface area contributed by atoms with E-state index in [1.165, 1.54) is 11.5 Å². The summed E-state index contributed by atoms with van der Waals surface area (Å²) in [5.74, 6) is 1.10. The van der Waals surface area contributed by atoms with E-state index >= 15 is 0 Å². The van der Waals surface area contributed by atoms with Crippen molar-refractivity contribution in [1.82, 2.24) is 9.36 Å². The maximum absolute atomic E-state index is 12.2. The second kappa shape index (κ2) is 5.38. The molecule has 0 aliphatic carbocycles. The molecule has 1 atom stereocenters. The number of anilines is 1. The maximum Gasteiger partial charge on any atom is 0.233 e. The van der Waals surface area contributed by atoms with Crippen molar-refractivity contribution in [1.29, 1.82) is 0 Å². The molecule has 0 bridgehead atoms. The molecule has 1 unspecified atom stereocenters. The van der Waals surface area contributed by atoms with E-state index in [0.29, 0.717) is 29.0 Å². The molecule has 1 N–H and O–H groups in total. The molecule has 0 radical (unpaired) electrons. The summed E-state index contributed by atoms with van der Waals surface area (Å²) < 4.78 is 9.63. The van der Waals surface area contributed by atoms with Gasteiger partial charge in [-0.3, -0.25) is 4.79 Å². The van der Waals surface area contributed by atoms with Crippen LogP contribution in [0.1, 0.15) is 11.4 Å². The number of rotatable bonds is 2. The average molecular weight is 310 g/mol. The highest BCUT2D eigenvalue weighted by atomic mass is 35.5. The molecule has 2 heterocycles. The lowest BCUT2D eigenvalue weighted by atomic mass is 9.96. The summed E-state index contributed by atoms with van der Waals surface area (Å²) in [6, 6.07) is 5.45. The highest BCUT2D eigenvalue weighted by molar-refractivity contribution is 7.09. The minimum atomic E-state index is -0.245. The molecule has 1 aromatic heterocycles.